The summed E-state index contributed by atoms with van der Waals surface area (Å²) in [4.78, 5) is 56.4. The Balaban J connectivity index is -0.000000338. The molecule has 0 aromatic rings. The van der Waals surface area contributed by atoms with E-state index < -0.39 is 62.6 Å². The average Bonchev–Trinajstić information content (AvgIpc) is 2.46. The van der Waals surface area contributed by atoms with Gasteiger partial charge in [-0.25, -0.2) is 0 Å². The number of nitrogens with zero attached hydrogens (tertiary/aromatic N) is 3. The van der Waals surface area contributed by atoms with E-state index in [1.54, 1.807) is 0 Å². The molecule has 0 saturated heterocycles. The average molecular weight is 596 g/mol. The first-order chi connectivity index (χ1) is 12.5. The smallest absolute Gasteiger partial charge is 0.549 e. The molecule has 32 heavy (non-hydrogen) atoms. The Morgan fingerprint density at radius 2 is 0.594 bits per heavy atom. The molecule has 0 unspecified atom stereocenters. The number of rotatable bonds is 16. The Morgan fingerprint density at radius 1 is 0.438 bits per heavy atom. The van der Waals surface area contributed by atoms with Crippen molar-refractivity contribution in [3.05, 3.63) is 0 Å². The van der Waals surface area contributed by atoms with Gasteiger partial charge in [0.2, 0.25) is 0 Å². The summed E-state index contributed by atoms with van der Waals surface area (Å²) in [6.07, 6.45) is 0. The maximum Gasteiger partial charge on any atom is 2.00 e. The summed E-state index contributed by atoms with van der Waals surface area (Å²) in [6, 6.07) is 0. The Labute approximate surface area is 294 Å². The Hall–Kier alpha value is 2.14. The van der Waals surface area contributed by atoms with Gasteiger partial charge in [-0.2, -0.15) is 0 Å². The third kappa shape index (κ3) is 30.2. The van der Waals surface area contributed by atoms with Crippen molar-refractivity contribution in [2.45, 2.75) is 0 Å². The van der Waals surface area contributed by atoms with Gasteiger partial charge in [0.15, 0.2) is 0 Å². The minimum atomic E-state index is -1.54. The molecule has 0 aliphatic carbocycles. The van der Waals surface area contributed by atoms with Crippen LogP contribution in [-0.2, 0) is 44.1 Å². The van der Waals surface area contributed by atoms with Gasteiger partial charge in [0.1, 0.15) is 0 Å². The summed E-state index contributed by atoms with van der Waals surface area (Å²) in [5, 5.41) is 53.3. The molecule has 0 atom stereocenters. The zero-order valence-corrected chi connectivity index (χ0v) is 28.4. The molecule has 0 aliphatic heterocycles. The van der Waals surface area contributed by atoms with Crippen molar-refractivity contribution in [3.63, 3.8) is 0 Å². The maximum absolute atomic E-state index is 10.8. The standard InChI is InChI=1S/C14H23N3O10.Ca.3Na.Tc/c18-10(19)5-15(1-3-16(6-11(20)21)7-12(22)23)2-4-17(8-13(24)25)9-14(26)27;;;;;/h1-9H2,(H,18,19)(H,20,21)(H,22,23)(H,24,25)(H,26,27);;;;;/q;+2;3*+1;/p-5/i;;;;;1+1. The fraction of sp³-hybridized carbons (Fsp3) is 0.643. The molecule has 0 N–H and O–H groups in total. The number of aliphatic carboxylic acids is 5. The second-order valence-corrected chi connectivity index (χ2v) is 5.56. The van der Waals surface area contributed by atoms with Gasteiger partial charge in [-0.3, -0.25) is 14.7 Å². The molecule has 1 radical (unpaired) electrons. The predicted molar refractivity (Wildman–Crippen MR) is 80.1 cm³/mol. The molecule has 161 valence electrons. The molecule has 18 heteroatoms. The molecule has 13 nitrogen and oxygen atoms in total. The van der Waals surface area contributed by atoms with Crippen LogP contribution >= 0.6 is 0 Å². The molecule has 0 amide bonds. The molecule has 0 bridgehead atoms. The van der Waals surface area contributed by atoms with Gasteiger partial charge in [-0.1, -0.05) is 0 Å². The van der Waals surface area contributed by atoms with E-state index in [1.807, 2.05) is 0 Å². The van der Waals surface area contributed by atoms with E-state index in [-0.39, 0.29) is 173 Å². The summed E-state index contributed by atoms with van der Waals surface area (Å²) in [5.41, 5.74) is 0. The van der Waals surface area contributed by atoms with Gasteiger partial charge in [0.05, 0.1) is 29.8 Å². The first-order valence-electron chi connectivity index (χ1n) is 7.66. The molecular weight excluding hydrogens is 578 g/mol. The molecule has 0 spiro atoms. The molecule has 0 saturated carbocycles. The van der Waals surface area contributed by atoms with Crippen LogP contribution in [0.25, 0.3) is 0 Å². The summed E-state index contributed by atoms with van der Waals surface area (Å²) in [5.74, 6) is -7.67. The van der Waals surface area contributed by atoms with Crippen LogP contribution in [0.2, 0.25) is 0 Å². The molecule has 0 aliphatic rings. The number of hydrogen-bond acceptors (Lipinski definition) is 13. The topological polar surface area (TPSA) is 210 Å². The zero-order valence-electron chi connectivity index (χ0n) is 18.4. The summed E-state index contributed by atoms with van der Waals surface area (Å²) >= 11 is 0. The molecule has 0 aromatic heterocycles. The third-order valence-electron chi connectivity index (χ3n) is 3.23. The van der Waals surface area contributed by atoms with E-state index in [9.17, 15) is 49.5 Å². The molecule has 0 aromatic carbocycles. The van der Waals surface area contributed by atoms with Crippen molar-refractivity contribution in [1.82, 2.24) is 14.7 Å². The zero-order chi connectivity index (χ0) is 21.0. The van der Waals surface area contributed by atoms with Gasteiger partial charge in [-0.15, -0.1) is 0 Å². The molecule has 0 fully saturated rings. The number of carbonyl (C=O) groups is 5. The van der Waals surface area contributed by atoms with Crippen molar-refractivity contribution in [2.24, 2.45) is 0 Å². The minimum Gasteiger partial charge on any atom is -0.549 e. The minimum absolute atomic E-state index is 0. The number of hydrogen-bond donors (Lipinski definition) is 0. The van der Waals surface area contributed by atoms with Gasteiger partial charge >= 0.3 is 126 Å². The van der Waals surface area contributed by atoms with Gasteiger partial charge in [0, 0.05) is 79.0 Å². The first kappa shape index (κ1) is 47.3. The Morgan fingerprint density at radius 3 is 0.781 bits per heavy atom. The SMILES string of the molecule is O=C([O-])CN(CCN(CC(=O)[O-])CC(=O)[O-])CCN(CC(=O)[O-])CC(=O)[O-].[99Tc].[Ca+2].[Na+].[Na+].[Na+]. The van der Waals surface area contributed by atoms with Crippen molar-refractivity contribution < 1.29 is 158 Å². The third-order valence-corrected chi connectivity index (χ3v) is 3.23. The van der Waals surface area contributed by atoms with Crippen molar-refractivity contribution in [2.75, 3.05) is 58.9 Å². The largest absolute Gasteiger partial charge is 2.00 e. The summed E-state index contributed by atoms with van der Waals surface area (Å²) < 4.78 is 0. The quantitative estimate of drug-likeness (QED) is 0.152. The maximum atomic E-state index is 10.8. The van der Waals surface area contributed by atoms with E-state index >= 15 is 0 Å². The van der Waals surface area contributed by atoms with E-state index in [0.29, 0.717) is 0 Å². The van der Waals surface area contributed by atoms with Crippen LogP contribution < -0.4 is 114 Å². The van der Waals surface area contributed by atoms with E-state index in [0.717, 1.165) is 9.80 Å². The van der Waals surface area contributed by atoms with Crippen molar-refractivity contribution in [3.8, 4) is 0 Å². The van der Waals surface area contributed by atoms with Crippen LogP contribution in [0.5, 0.6) is 0 Å². The predicted octanol–water partition coefficient (Wildman–Crippen LogP) is -18.7. The number of carboxylic acid groups (broad SMARTS) is 5. The van der Waals surface area contributed by atoms with Crippen LogP contribution in [0.1, 0.15) is 0 Å². The summed E-state index contributed by atoms with van der Waals surface area (Å²) in [7, 11) is 0. The second kappa shape index (κ2) is 27.7. The monoisotopic (exact) mass is 596 g/mol. The fourth-order valence-electron chi connectivity index (χ4n) is 2.18. The fourth-order valence-corrected chi connectivity index (χ4v) is 2.18. The Bertz CT molecular complexity index is 508. The molecule has 0 rings (SSSR count). The van der Waals surface area contributed by atoms with Crippen molar-refractivity contribution >= 4 is 67.6 Å². The second-order valence-electron chi connectivity index (χ2n) is 5.56. The van der Waals surface area contributed by atoms with E-state index in [1.165, 1.54) is 4.90 Å². The van der Waals surface area contributed by atoms with Crippen molar-refractivity contribution in [1.29, 1.82) is 0 Å². The normalized spacial score (nSPS) is 9.34. The van der Waals surface area contributed by atoms with E-state index in [4.69, 9.17) is 0 Å². The number of carbonyl (C=O) groups excluding carboxylic acids is 5. The van der Waals surface area contributed by atoms with Crippen LogP contribution in [-0.4, -0.2) is 141 Å². The first-order valence-corrected chi connectivity index (χ1v) is 7.66. The van der Waals surface area contributed by atoms with Gasteiger partial charge < -0.3 is 49.5 Å². The van der Waals surface area contributed by atoms with Crippen LogP contribution in [0.15, 0.2) is 0 Å². The van der Waals surface area contributed by atoms with Crippen LogP contribution in [0.4, 0.5) is 0 Å². The Kier molecular flexibility index (Phi) is 41.0. The van der Waals surface area contributed by atoms with Crippen LogP contribution in [0.3, 0.4) is 0 Å². The van der Waals surface area contributed by atoms with E-state index in [2.05, 4.69) is 0 Å². The van der Waals surface area contributed by atoms with Gasteiger partial charge in [-0.05, 0) is 0 Å². The molecule has 0 heterocycles. The molecular formula is C14H18CaN3Na3O10Tc. The summed E-state index contributed by atoms with van der Waals surface area (Å²) in [6.45, 7) is -4.16. The number of carboxylic acids is 5. The van der Waals surface area contributed by atoms with Gasteiger partial charge in [0.25, 0.3) is 0 Å². The van der Waals surface area contributed by atoms with Crippen LogP contribution in [0, 0.1) is 0 Å².